The number of benzene rings is 3. The Hall–Kier alpha value is -2.86. The molecule has 0 bridgehead atoms. The van der Waals surface area contributed by atoms with Crippen LogP contribution >= 0.6 is 34.8 Å². The molecule has 1 amide bonds. The summed E-state index contributed by atoms with van der Waals surface area (Å²) in [6, 6.07) is 18.0. The fourth-order valence-corrected chi connectivity index (χ4v) is 3.66. The van der Waals surface area contributed by atoms with Gasteiger partial charge in [-0.25, -0.2) is 9.67 Å². The quantitative estimate of drug-likeness (QED) is 0.357. The van der Waals surface area contributed by atoms with Gasteiger partial charge in [-0.15, -0.1) is 5.10 Å². The molecule has 0 aliphatic heterocycles. The van der Waals surface area contributed by atoms with E-state index in [1.165, 1.54) is 0 Å². The summed E-state index contributed by atoms with van der Waals surface area (Å²) in [6.07, 6.45) is 0. The fraction of sp³-hybridized carbons (Fsp3) is 0.0870. The molecule has 1 aromatic heterocycles. The molecule has 0 aliphatic rings. The van der Waals surface area contributed by atoms with Crippen LogP contribution in [0.15, 0.2) is 60.7 Å². The molecule has 3 aromatic carbocycles. The fourth-order valence-electron chi connectivity index (χ4n) is 3.12. The molecule has 156 valence electrons. The van der Waals surface area contributed by atoms with E-state index < -0.39 is 5.91 Å². The number of aromatic nitrogens is 3. The number of carbonyl (C=O) groups is 1. The van der Waals surface area contributed by atoms with Gasteiger partial charge in [0.05, 0.1) is 5.69 Å². The van der Waals surface area contributed by atoms with Crippen LogP contribution in [0, 0.1) is 13.8 Å². The van der Waals surface area contributed by atoms with Crippen LogP contribution in [-0.4, -0.2) is 20.7 Å². The number of aryl methyl sites for hydroxylation is 1. The number of amides is 1. The van der Waals surface area contributed by atoms with E-state index in [0.29, 0.717) is 32.3 Å². The molecule has 1 N–H and O–H groups in total. The minimum atomic E-state index is -0.452. The molecule has 0 saturated heterocycles. The molecule has 31 heavy (non-hydrogen) atoms. The van der Waals surface area contributed by atoms with Gasteiger partial charge in [0.2, 0.25) is 5.82 Å². The van der Waals surface area contributed by atoms with Crippen molar-refractivity contribution in [2.75, 3.05) is 5.32 Å². The standard InChI is InChI=1S/C23H17Cl3N4O/c1-13-9-10-17(25)12-19(13)27-23(31)21-28-22(15-5-3-6-16(24)11-15)30(29-21)20-8-4-7-18(26)14(20)2/h3-12H,1-2H3,(H,27,31). The molecule has 4 aromatic rings. The van der Waals surface area contributed by atoms with Crippen LogP contribution < -0.4 is 5.32 Å². The van der Waals surface area contributed by atoms with Crippen molar-refractivity contribution >= 4 is 46.4 Å². The largest absolute Gasteiger partial charge is 0.319 e. The number of nitrogens with one attached hydrogen (secondary N) is 1. The van der Waals surface area contributed by atoms with E-state index in [2.05, 4.69) is 15.4 Å². The zero-order chi connectivity index (χ0) is 22.1. The third-order valence-corrected chi connectivity index (χ3v) is 5.69. The van der Waals surface area contributed by atoms with Crippen LogP contribution in [0.1, 0.15) is 21.7 Å². The summed E-state index contributed by atoms with van der Waals surface area (Å²) >= 11 is 18.6. The van der Waals surface area contributed by atoms with E-state index in [1.54, 1.807) is 35.0 Å². The maximum atomic E-state index is 13.0. The number of nitrogens with zero attached hydrogens (tertiary/aromatic N) is 3. The van der Waals surface area contributed by atoms with Gasteiger partial charge in [0.25, 0.3) is 5.91 Å². The summed E-state index contributed by atoms with van der Waals surface area (Å²) in [6.45, 7) is 3.76. The lowest BCUT2D eigenvalue weighted by atomic mass is 10.1. The van der Waals surface area contributed by atoms with Gasteiger partial charge in [0, 0.05) is 26.3 Å². The van der Waals surface area contributed by atoms with Gasteiger partial charge < -0.3 is 5.32 Å². The molecule has 0 aliphatic carbocycles. The van der Waals surface area contributed by atoms with E-state index in [4.69, 9.17) is 34.8 Å². The lowest BCUT2D eigenvalue weighted by Gasteiger charge is -2.10. The smallest absolute Gasteiger partial charge is 0.295 e. The molecular weight excluding hydrogens is 455 g/mol. The second-order valence-corrected chi connectivity index (χ2v) is 8.26. The summed E-state index contributed by atoms with van der Waals surface area (Å²) < 4.78 is 1.60. The highest BCUT2D eigenvalue weighted by atomic mass is 35.5. The second kappa shape index (κ2) is 8.71. The van der Waals surface area contributed by atoms with Crippen molar-refractivity contribution in [2.24, 2.45) is 0 Å². The van der Waals surface area contributed by atoms with Crippen molar-refractivity contribution in [3.05, 3.63) is 92.7 Å². The van der Waals surface area contributed by atoms with Crippen molar-refractivity contribution in [3.63, 3.8) is 0 Å². The van der Waals surface area contributed by atoms with Crippen molar-refractivity contribution in [3.8, 4) is 17.1 Å². The Morgan fingerprint density at radius 2 is 1.68 bits per heavy atom. The second-order valence-electron chi connectivity index (χ2n) is 6.98. The van der Waals surface area contributed by atoms with Crippen molar-refractivity contribution in [2.45, 2.75) is 13.8 Å². The van der Waals surface area contributed by atoms with Gasteiger partial charge in [-0.2, -0.15) is 0 Å². The summed E-state index contributed by atoms with van der Waals surface area (Å²) in [5, 5.41) is 8.99. The summed E-state index contributed by atoms with van der Waals surface area (Å²) in [7, 11) is 0. The first-order chi connectivity index (χ1) is 14.8. The van der Waals surface area contributed by atoms with E-state index >= 15 is 0 Å². The molecule has 0 saturated carbocycles. The van der Waals surface area contributed by atoms with E-state index in [-0.39, 0.29) is 5.82 Å². The number of anilines is 1. The highest BCUT2D eigenvalue weighted by Gasteiger charge is 2.21. The summed E-state index contributed by atoms with van der Waals surface area (Å²) in [5.74, 6) is 0.0293. The summed E-state index contributed by atoms with van der Waals surface area (Å²) in [4.78, 5) is 17.5. The molecule has 8 heteroatoms. The predicted octanol–water partition coefficient (Wildman–Crippen LogP) is 6.76. The van der Waals surface area contributed by atoms with Gasteiger partial charge in [0.15, 0.2) is 5.82 Å². The average Bonchev–Trinajstić information content (AvgIpc) is 3.18. The maximum Gasteiger partial charge on any atom is 0.295 e. The first-order valence-corrected chi connectivity index (χ1v) is 10.5. The van der Waals surface area contributed by atoms with Gasteiger partial charge >= 0.3 is 0 Å². The molecule has 0 atom stereocenters. The van der Waals surface area contributed by atoms with E-state index in [9.17, 15) is 4.79 Å². The normalized spacial score (nSPS) is 10.9. The Labute approximate surface area is 194 Å². The molecular formula is C23H17Cl3N4O. The zero-order valence-corrected chi connectivity index (χ0v) is 18.9. The van der Waals surface area contributed by atoms with Crippen LogP contribution in [0.4, 0.5) is 5.69 Å². The minimum Gasteiger partial charge on any atom is -0.319 e. The Morgan fingerprint density at radius 3 is 2.45 bits per heavy atom. The van der Waals surface area contributed by atoms with Gasteiger partial charge in [-0.05, 0) is 61.4 Å². The van der Waals surface area contributed by atoms with Gasteiger partial charge in [-0.3, -0.25) is 4.79 Å². The lowest BCUT2D eigenvalue weighted by molar-refractivity contribution is 0.101. The molecule has 0 radical (unpaired) electrons. The minimum absolute atomic E-state index is 0.00808. The first-order valence-electron chi connectivity index (χ1n) is 9.39. The van der Waals surface area contributed by atoms with Crippen molar-refractivity contribution < 1.29 is 4.79 Å². The third-order valence-electron chi connectivity index (χ3n) is 4.81. The molecule has 0 unspecified atom stereocenters. The molecule has 0 fully saturated rings. The van der Waals surface area contributed by atoms with Crippen molar-refractivity contribution in [1.82, 2.24) is 14.8 Å². The monoisotopic (exact) mass is 470 g/mol. The Kier molecular flexibility index (Phi) is 6.01. The molecule has 5 nitrogen and oxygen atoms in total. The highest BCUT2D eigenvalue weighted by molar-refractivity contribution is 6.32. The Balaban J connectivity index is 1.82. The van der Waals surface area contributed by atoms with Gasteiger partial charge in [0.1, 0.15) is 0 Å². The highest BCUT2D eigenvalue weighted by Crippen LogP contribution is 2.28. The Morgan fingerprint density at radius 1 is 0.935 bits per heavy atom. The molecule has 4 rings (SSSR count). The number of carbonyl (C=O) groups excluding carboxylic acids is 1. The zero-order valence-electron chi connectivity index (χ0n) is 16.7. The summed E-state index contributed by atoms with van der Waals surface area (Å²) in [5.41, 5.74) is 3.72. The Bertz CT molecular complexity index is 1300. The topological polar surface area (TPSA) is 59.8 Å². The SMILES string of the molecule is Cc1ccc(Cl)cc1NC(=O)c1nc(-c2cccc(Cl)c2)n(-c2cccc(Cl)c2C)n1. The third kappa shape index (κ3) is 4.44. The van der Waals surface area contributed by atoms with Crippen molar-refractivity contribution in [1.29, 1.82) is 0 Å². The molecule has 1 heterocycles. The van der Waals surface area contributed by atoms with Crippen LogP contribution in [0.2, 0.25) is 15.1 Å². The number of hydrogen-bond donors (Lipinski definition) is 1. The van der Waals surface area contributed by atoms with E-state index in [0.717, 1.165) is 16.7 Å². The lowest BCUT2D eigenvalue weighted by Crippen LogP contribution is -2.15. The maximum absolute atomic E-state index is 13.0. The first kappa shape index (κ1) is 21.4. The van der Waals surface area contributed by atoms with E-state index in [1.807, 2.05) is 44.2 Å². The van der Waals surface area contributed by atoms with Crippen LogP contribution in [0.25, 0.3) is 17.1 Å². The van der Waals surface area contributed by atoms with Crippen LogP contribution in [-0.2, 0) is 0 Å². The van der Waals surface area contributed by atoms with Crippen LogP contribution in [0.5, 0.6) is 0 Å². The number of halogens is 3. The molecule has 0 spiro atoms. The van der Waals surface area contributed by atoms with Crippen LogP contribution in [0.3, 0.4) is 0 Å². The van der Waals surface area contributed by atoms with Gasteiger partial charge in [-0.1, -0.05) is 59.1 Å². The average molecular weight is 472 g/mol. The number of rotatable bonds is 4. The predicted molar refractivity (Wildman–Crippen MR) is 126 cm³/mol. The number of hydrogen-bond acceptors (Lipinski definition) is 3.